The van der Waals surface area contributed by atoms with Gasteiger partial charge in [0.2, 0.25) is 0 Å². The predicted octanol–water partition coefficient (Wildman–Crippen LogP) is 2.39. The van der Waals surface area contributed by atoms with Crippen LogP contribution in [0.3, 0.4) is 0 Å². The van der Waals surface area contributed by atoms with E-state index >= 15 is 0 Å². The van der Waals surface area contributed by atoms with Gasteiger partial charge in [0, 0.05) is 25.6 Å². The lowest BCUT2D eigenvalue weighted by Gasteiger charge is -2.31. The van der Waals surface area contributed by atoms with Gasteiger partial charge < -0.3 is 15.4 Å². The number of guanidine groups is 1. The fourth-order valence-corrected chi connectivity index (χ4v) is 3.78. The van der Waals surface area contributed by atoms with Gasteiger partial charge in [-0.1, -0.05) is 25.0 Å². The van der Waals surface area contributed by atoms with Crippen LogP contribution in [0.5, 0.6) is 5.75 Å². The van der Waals surface area contributed by atoms with E-state index in [-0.39, 0.29) is 5.41 Å². The number of aliphatic imine (C=N–C) groups is 1. The van der Waals surface area contributed by atoms with E-state index in [1.54, 1.807) is 18.1 Å². The largest absolute Gasteiger partial charge is 0.497 e. The smallest absolute Gasteiger partial charge is 0.191 e. The van der Waals surface area contributed by atoms with Crippen molar-refractivity contribution in [1.82, 2.24) is 25.4 Å². The zero-order valence-electron chi connectivity index (χ0n) is 16.5. The van der Waals surface area contributed by atoms with Crippen molar-refractivity contribution in [1.29, 1.82) is 0 Å². The highest BCUT2D eigenvalue weighted by Gasteiger charge is 2.36. The minimum Gasteiger partial charge on any atom is -0.497 e. The van der Waals surface area contributed by atoms with Gasteiger partial charge >= 0.3 is 0 Å². The summed E-state index contributed by atoms with van der Waals surface area (Å²) in [6.07, 6.45) is 6.42. The molecule has 2 N–H and O–H groups in total. The number of benzene rings is 1. The van der Waals surface area contributed by atoms with Crippen molar-refractivity contribution in [2.75, 3.05) is 20.2 Å². The van der Waals surface area contributed by atoms with Crippen LogP contribution >= 0.6 is 0 Å². The molecule has 1 heterocycles. The van der Waals surface area contributed by atoms with Gasteiger partial charge in [-0.05, 0) is 37.5 Å². The Morgan fingerprint density at radius 2 is 2.11 bits per heavy atom. The molecule has 7 nitrogen and oxygen atoms in total. The van der Waals surface area contributed by atoms with Gasteiger partial charge in [0.15, 0.2) is 5.96 Å². The van der Waals surface area contributed by atoms with E-state index in [1.807, 2.05) is 13.1 Å². The molecule has 0 amide bonds. The third-order valence-electron chi connectivity index (χ3n) is 5.36. The molecule has 7 heteroatoms. The molecule has 0 bridgehead atoms. The van der Waals surface area contributed by atoms with Gasteiger partial charge in [-0.15, -0.1) is 0 Å². The van der Waals surface area contributed by atoms with Crippen molar-refractivity contribution in [3.8, 4) is 5.75 Å². The first-order valence-electron chi connectivity index (χ1n) is 9.66. The number of rotatable bonds is 7. The van der Waals surface area contributed by atoms with Gasteiger partial charge in [-0.2, -0.15) is 5.10 Å². The molecule has 0 radical (unpaired) electrons. The number of hydrogen-bond acceptors (Lipinski definition) is 4. The van der Waals surface area contributed by atoms with Crippen LogP contribution in [0.4, 0.5) is 0 Å². The summed E-state index contributed by atoms with van der Waals surface area (Å²) in [6.45, 7) is 4.24. The van der Waals surface area contributed by atoms with Gasteiger partial charge in [-0.25, -0.2) is 9.98 Å². The number of nitrogens with zero attached hydrogens (tertiary/aromatic N) is 4. The maximum absolute atomic E-state index is 5.44. The average molecular weight is 371 g/mol. The molecule has 146 valence electrons. The lowest BCUT2D eigenvalue weighted by atomic mass is 9.78. The molecule has 1 aliphatic rings. The van der Waals surface area contributed by atoms with Crippen molar-refractivity contribution in [2.45, 2.75) is 44.6 Å². The second-order valence-electron chi connectivity index (χ2n) is 7.07. The third kappa shape index (κ3) is 4.59. The first kappa shape index (κ1) is 19.2. The van der Waals surface area contributed by atoms with Crippen molar-refractivity contribution < 1.29 is 4.74 Å². The normalized spacial score (nSPS) is 16.3. The second kappa shape index (κ2) is 8.88. The monoisotopic (exact) mass is 370 g/mol. The van der Waals surface area contributed by atoms with Crippen LogP contribution < -0.4 is 15.4 Å². The van der Waals surface area contributed by atoms with Gasteiger partial charge in [-0.3, -0.25) is 4.68 Å². The lowest BCUT2D eigenvalue weighted by molar-refractivity contribution is 0.404. The molecule has 1 aliphatic carbocycles. The Balaban J connectivity index is 1.74. The number of nitrogens with one attached hydrogen (secondary N) is 2. The Morgan fingerprint density at radius 3 is 2.78 bits per heavy atom. The second-order valence-corrected chi connectivity index (χ2v) is 7.07. The zero-order chi connectivity index (χ0) is 19.1. The fourth-order valence-electron chi connectivity index (χ4n) is 3.78. The molecule has 0 aliphatic heterocycles. The Bertz CT molecular complexity index is 763. The summed E-state index contributed by atoms with van der Waals surface area (Å²) < 4.78 is 7.19. The van der Waals surface area contributed by atoms with E-state index in [2.05, 4.69) is 50.8 Å². The minimum absolute atomic E-state index is 0.121. The molecule has 0 saturated heterocycles. The Kier molecular flexibility index (Phi) is 6.32. The molecule has 1 aromatic carbocycles. The number of aromatic nitrogens is 3. The number of ether oxygens (including phenoxy) is 1. The van der Waals surface area contributed by atoms with Crippen molar-refractivity contribution in [3.63, 3.8) is 0 Å². The summed E-state index contributed by atoms with van der Waals surface area (Å²) in [4.78, 5) is 8.92. The molecule has 27 heavy (non-hydrogen) atoms. The third-order valence-corrected chi connectivity index (χ3v) is 5.36. The highest BCUT2D eigenvalue weighted by atomic mass is 16.5. The van der Waals surface area contributed by atoms with Gasteiger partial charge in [0.1, 0.15) is 24.4 Å². The maximum atomic E-state index is 5.44. The molecular formula is C20H30N6O. The van der Waals surface area contributed by atoms with Gasteiger partial charge in [0.05, 0.1) is 7.11 Å². The first-order valence-corrected chi connectivity index (χ1v) is 9.66. The Labute approximate surface area is 161 Å². The molecule has 1 fully saturated rings. The molecule has 0 atom stereocenters. The Hall–Kier alpha value is -2.57. The summed E-state index contributed by atoms with van der Waals surface area (Å²) in [6, 6.07) is 8.49. The van der Waals surface area contributed by atoms with Crippen molar-refractivity contribution >= 4 is 5.96 Å². The molecule has 0 spiro atoms. The summed E-state index contributed by atoms with van der Waals surface area (Å²) in [5, 5.41) is 11.0. The van der Waals surface area contributed by atoms with Crippen molar-refractivity contribution in [2.24, 2.45) is 12.0 Å². The number of methoxy groups -OCH3 is 1. The highest BCUT2D eigenvalue weighted by Crippen LogP contribution is 2.41. The fraction of sp³-hybridized carbons (Fsp3) is 0.550. The summed E-state index contributed by atoms with van der Waals surface area (Å²) in [5.74, 6) is 2.58. The maximum Gasteiger partial charge on any atom is 0.191 e. The van der Waals surface area contributed by atoms with Crippen LogP contribution in [-0.4, -0.2) is 40.9 Å². The SMILES string of the molecule is CCNC(=NCc1ncnn1C)NCC1(c2cccc(OC)c2)CCCC1. The highest BCUT2D eigenvalue weighted by molar-refractivity contribution is 5.79. The Morgan fingerprint density at radius 1 is 1.30 bits per heavy atom. The van der Waals surface area contributed by atoms with E-state index < -0.39 is 0 Å². The summed E-state index contributed by atoms with van der Waals surface area (Å²) >= 11 is 0. The average Bonchev–Trinajstić information content (AvgIpc) is 3.34. The standard InChI is InChI=1S/C20H30N6O/c1-4-21-19(22-13-18-24-15-25-26(18)2)23-14-20(10-5-6-11-20)16-8-7-9-17(12-16)27-3/h7-9,12,15H,4-6,10-11,13-14H2,1-3H3,(H2,21,22,23). The predicted molar refractivity (Wildman–Crippen MR) is 107 cm³/mol. The first-order chi connectivity index (χ1) is 13.2. The molecule has 2 aromatic rings. The van der Waals surface area contributed by atoms with Crippen LogP contribution in [0.15, 0.2) is 35.6 Å². The van der Waals surface area contributed by atoms with Crippen LogP contribution in [0, 0.1) is 0 Å². The summed E-state index contributed by atoms with van der Waals surface area (Å²) in [7, 11) is 3.61. The number of aryl methyl sites for hydroxylation is 1. The van der Waals surface area contributed by atoms with E-state index in [0.717, 1.165) is 30.6 Å². The lowest BCUT2D eigenvalue weighted by Crippen LogP contribution is -2.44. The van der Waals surface area contributed by atoms with Crippen LogP contribution in [0.25, 0.3) is 0 Å². The van der Waals surface area contributed by atoms with E-state index in [9.17, 15) is 0 Å². The van der Waals surface area contributed by atoms with Gasteiger partial charge in [0.25, 0.3) is 0 Å². The molecule has 1 saturated carbocycles. The molecule has 0 unspecified atom stereocenters. The quantitative estimate of drug-likeness (QED) is 0.578. The number of hydrogen-bond donors (Lipinski definition) is 2. The zero-order valence-corrected chi connectivity index (χ0v) is 16.5. The van der Waals surface area contributed by atoms with E-state index in [4.69, 9.17) is 4.74 Å². The van der Waals surface area contributed by atoms with Crippen LogP contribution in [0.1, 0.15) is 44.0 Å². The topological polar surface area (TPSA) is 76.4 Å². The van der Waals surface area contributed by atoms with Crippen molar-refractivity contribution in [3.05, 3.63) is 42.0 Å². The minimum atomic E-state index is 0.121. The van der Waals surface area contributed by atoms with Crippen LogP contribution in [0.2, 0.25) is 0 Å². The summed E-state index contributed by atoms with van der Waals surface area (Å²) in [5.41, 5.74) is 1.46. The molecular weight excluding hydrogens is 340 g/mol. The van der Waals surface area contributed by atoms with Crippen LogP contribution in [-0.2, 0) is 19.0 Å². The molecule has 1 aromatic heterocycles. The molecule has 3 rings (SSSR count). The van der Waals surface area contributed by atoms with E-state index in [0.29, 0.717) is 6.54 Å². The van der Waals surface area contributed by atoms with E-state index in [1.165, 1.54) is 31.2 Å².